The van der Waals surface area contributed by atoms with Gasteiger partial charge in [0.1, 0.15) is 5.75 Å². The number of hydrogen-bond donors (Lipinski definition) is 1. The van der Waals surface area contributed by atoms with Crippen LogP contribution in [0.25, 0.3) is 0 Å². The molecule has 0 aliphatic carbocycles. The molecular formula is C18H26N2O4S. The van der Waals surface area contributed by atoms with E-state index in [1.807, 2.05) is 24.3 Å². The summed E-state index contributed by atoms with van der Waals surface area (Å²) in [6.45, 7) is 2.06. The van der Waals surface area contributed by atoms with Crippen molar-refractivity contribution < 1.29 is 17.9 Å². The van der Waals surface area contributed by atoms with E-state index in [1.165, 1.54) is 0 Å². The molecule has 0 unspecified atom stereocenters. The number of rotatable bonds is 5. The highest BCUT2D eigenvalue weighted by atomic mass is 32.2. The second-order valence-electron chi connectivity index (χ2n) is 6.90. The largest absolute Gasteiger partial charge is 0.496 e. The molecule has 1 amide bonds. The predicted molar refractivity (Wildman–Crippen MR) is 96.2 cm³/mol. The lowest BCUT2D eigenvalue weighted by atomic mass is 9.94. The van der Waals surface area contributed by atoms with Crippen LogP contribution in [0.15, 0.2) is 24.3 Å². The van der Waals surface area contributed by atoms with Crippen molar-refractivity contribution in [2.75, 3.05) is 31.7 Å². The molecule has 3 rings (SSSR count). The van der Waals surface area contributed by atoms with Gasteiger partial charge in [-0.25, -0.2) is 8.42 Å². The van der Waals surface area contributed by atoms with Gasteiger partial charge in [-0.2, -0.15) is 0 Å². The van der Waals surface area contributed by atoms with Crippen molar-refractivity contribution in [3.8, 4) is 5.75 Å². The van der Waals surface area contributed by atoms with Crippen LogP contribution < -0.4 is 10.1 Å². The van der Waals surface area contributed by atoms with Gasteiger partial charge < -0.3 is 10.1 Å². The van der Waals surface area contributed by atoms with Crippen molar-refractivity contribution in [2.45, 2.75) is 31.8 Å². The highest BCUT2D eigenvalue weighted by Crippen LogP contribution is 2.25. The quantitative estimate of drug-likeness (QED) is 0.848. The number of carbonyl (C=O) groups excluding carboxylic acids is 1. The van der Waals surface area contributed by atoms with Gasteiger partial charge in [-0.3, -0.25) is 9.69 Å². The van der Waals surface area contributed by atoms with Crippen LogP contribution in [-0.4, -0.2) is 57.0 Å². The molecule has 2 aliphatic rings. The van der Waals surface area contributed by atoms with E-state index in [0.29, 0.717) is 12.3 Å². The Morgan fingerprint density at radius 3 is 2.60 bits per heavy atom. The first-order valence-electron chi connectivity index (χ1n) is 8.82. The average molecular weight is 366 g/mol. The molecule has 1 atom stereocenters. The summed E-state index contributed by atoms with van der Waals surface area (Å²) >= 11 is 0. The Labute approximate surface area is 149 Å². The molecule has 138 valence electrons. The Kier molecular flexibility index (Phi) is 5.64. The zero-order chi connectivity index (χ0) is 17.9. The minimum atomic E-state index is -2.85. The van der Waals surface area contributed by atoms with E-state index in [4.69, 9.17) is 4.74 Å². The Hall–Kier alpha value is -1.60. The zero-order valence-corrected chi connectivity index (χ0v) is 15.4. The summed E-state index contributed by atoms with van der Waals surface area (Å²) in [6.07, 6.45) is 2.30. The summed E-state index contributed by atoms with van der Waals surface area (Å²) in [5.74, 6) is 1.43. The maximum atomic E-state index is 12.4. The van der Waals surface area contributed by atoms with Crippen molar-refractivity contribution >= 4 is 15.7 Å². The number of para-hydroxylation sites is 1. The maximum Gasteiger partial charge on any atom is 0.223 e. The molecule has 0 saturated carbocycles. The first kappa shape index (κ1) is 18.2. The zero-order valence-electron chi connectivity index (χ0n) is 14.6. The highest BCUT2D eigenvalue weighted by Gasteiger charge is 2.35. The lowest BCUT2D eigenvalue weighted by Gasteiger charge is -2.34. The molecule has 1 aromatic carbocycles. The van der Waals surface area contributed by atoms with E-state index in [-0.39, 0.29) is 23.6 Å². The van der Waals surface area contributed by atoms with Gasteiger partial charge in [0.2, 0.25) is 5.91 Å². The minimum Gasteiger partial charge on any atom is -0.496 e. The molecule has 1 N–H and O–H groups in total. The number of hydrogen-bond acceptors (Lipinski definition) is 5. The fourth-order valence-electron chi connectivity index (χ4n) is 3.77. The number of ether oxygens (including phenoxy) is 1. The molecule has 0 aromatic heterocycles. The first-order chi connectivity index (χ1) is 12.0. The molecule has 7 heteroatoms. The third kappa shape index (κ3) is 4.52. The van der Waals surface area contributed by atoms with E-state index < -0.39 is 9.84 Å². The molecular weight excluding hydrogens is 340 g/mol. The number of likely N-dealkylation sites (tertiary alicyclic amines) is 1. The standard InChI is InChI=1S/C18H26N2O4S/c1-24-17-5-3-2-4-15(17)12-19-18(21)14-6-9-20(10-7-14)16-8-11-25(22,23)13-16/h2-5,14,16H,6-13H2,1H3,(H,19,21)/t16-/m1/s1. The van der Waals surface area contributed by atoms with Gasteiger partial charge in [0.25, 0.3) is 0 Å². The summed E-state index contributed by atoms with van der Waals surface area (Å²) < 4.78 is 28.6. The Bertz CT molecular complexity index is 712. The van der Waals surface area contributed by atoms with Crippen LogP contribution in [0.5, 0.6) is 5.75 Å². The minimum absolute atomic E-state index is 0.00367. The molecule has 0 bridgehead atoms. The number of amides is 1. The third-order valence-electron chi connectivity index (χ3n) is 5.27. The summed E-state index contributed by atoms with van der Waals surface area (Å²) in [4.78, 5) is 14.7. The van der Waals surface area contributed by atoms with Crippen LogP contribution >= 0.6 is 0 Å². The van der Waals surface area contributed by atoms with Gasteiger partial charge in [0, 0.05) is 24.1 Å². The lowest BCUT2D eigenvalue weighted by molar-refractivity contribution is -0.126. The van der Waals surface area contributed by atoms with Crippen molar-refractivity contribution in [1.29, 1.82) is 0 Å². The number of carbonyl (C=O) groups is 1. The van der Waals surface area contributed by atoms with Gasteiger partial charge >= 0.3 is 0 Å². The topological polar surface area (TPSA) is 75.7 Å². The van der Waals surface area contributed by atoms with Crippen LogP contribution in [0.3, 0.4) is 0 Å². The SMILES string of the molecule is COc1ccccc1CNC(=O)C1CCN([C@@H]2CCS(=O)(=O)C2)CC1. The van der Waals surface area contributed by atoms with Crippen LogP contribution in [0.4, 0.5) is 0 Å². The van der Waals surface area contributed by atoms with Crippen molar-refractivity contribution in [3.05, 3.63) is 29.8 Å². The molecule has 1 aromatic rings. The number of sulfone groups is 1. The third-order valence-corrected chi connectivity index (χ3v) is 7.02. The molecule has 6 nitrogen and oxygen atoms in total. The molecule has 0 radical (unpaired) electrons. The van der Waals surface area contributed by atoms with Crippen LogP contribution in [0.2, 0.25) is 0 Å². The van der Waals surface area contributed by atoms with Gasteiger partial charge in [-0.15, -0.1) is 0 Å². The van der Waals surface area contributed by atoms with Gasteiger partial charge in [0.15, 0.2) is 9.84 Å². The fraction of sp³-hybridized carbons (Fsp3) is 0.611. The Morgan fingerprint density at radius 2 is 1.96 bits per heavy atom. The molecule has 2 aliphatic heterocycles. The van der Waals surface area contributed by atoms with Crippen molar-refractivity contribution in [2.24, 2.45) is 5.92 Å². The van der Waals surface area contributed by atoms with E-state index in [0.717, 1.165) is 43.7 Å². The first-order valence-corrected chi connectivity index (χ1v) is 10.6. The summed E-state index contributed by atoms with van der Waals surface area (Å²) in [7, 11) is -1.23. The Balaban J connectivity index is 1.47. The Morgan fingerprint density at radius 1 is 1.24 bits per heavy atom. The van der Waals surface area contributed by atoms with Crippen LogP contribution in [0, 0.1) is 5.92 Å². The lowest BCUT2D eigenvalue weighted by Crippen LogP contribution is -2.45. The molecule has 2 fully saturated rings. The van der Waals surface area contributed by atoms with Gasteiger partial charge in [-0.05, 0) is 38.4 Å². The number of piperidine rings is 1. The number of nitrogens with zero attached hydrogens (tertiary/aromatic N) is 1. The number of nitrogens with one attached hydrogen (secondary N) is 1. The van der Waals surface area contributed by atoms with Crippen molar-refractivity contribution in [1.82, 2.24) is 10.2 Å². The molecule has 2 heterocycles. The van der Waals surface area contributed by atoms with E-state index in [2.05, 4.69) is 10.2 Å². The maximum absolute atomic E-state index is 12.4. The van der Waals surface area contributed by atoms with E-state index >= 15 is 0 Å². The summed E-state index contributed by atoms with van der Waals surface area (Å²) in [5, 5.41) is 3.01. The normalized spacial score (nSPS) is 24.1. The number of methoxy groups -OCH3 is 1. The highest BCUT2D eigenvalue weighted by molar-refractivity contribution is 7.91. The monoisotopic (exact) mass is 366 g/mol. The van der Waals surface area contributed by atoms with E-state index in [1.54, 1.807) is 7.11 Å². The fourth-order valence-corrected chi connectivity index (χ4v) is 5.53. The van der Waals surface area contributed by atoms with Crippen LogP contribution in [0.1, 0.15) is 24.8 Å². The molecule has 25 heavy (non-hydrogen) atoms. The molecule has 2 saturated heterocycles. The second-order valence-corrected chi connectivity index (χ2v) is 9.13. The number of benzene rings is 1. The second kappa shape index (κ2) is 7.74. The van der Waals surface area contributed by atoms with E-state index in [9.17, 15) is 13.2 Å². The molecule has 0 spiro atoms. The predicted octanol–water partition coefficient (Wildman–Crippen LogP) is 1.21. The average Bonchev–Trinajstić information content (AvgIpc) is 3.00. The summed E-state index contributed by atoms with van der Waals surface area (Å²) in [6, 6.07) is 7.81. The van der Waals surface area contributed by atoms with Gasteiger partial charge in [-0.1, -0.05) is 18.2 Å². The van der Waals surface area contributed by atoms with Gasteiger partial charge in [0.05, 0.1) is 18.6 Å². The summed E-state index contributed by atoms with van der Waals surface area (Å²) in [5.41, 5.74) is 0.965. The van der Waals surface area contributed by atoms with Crippen LogP contribution in [-0.2, 0) is 21.2 Å². The van der Waals surface area contributed by atoms with Crippen molar-refractivity contribution in [3.63, 3.8) is 0 Å². The smallest absolute Gasteiger partial charge is 0.223 e.